The molecule has 0 saturated carbocycles. The summed E-state index contributed by atoms with van der Waals surface area (Å²) in [4.78, 5) is 11.9. The summed E-state index contributed by atoms with van der Waals surface area (Å²) in [5.41, 5.74) is 0. The maximum Gasteiger partial charge on any atom is 0.193 e. The molecule has 23 heavy (non-hydrogen) atoms. The number of likely N-dealkylation sites (tertiary alicyclic amines) is 1. The number of nitrogens with one attached hydrogen (secondary N) is 1. The lowest BCUT2D eigenvalue weighted by Gasteiger charge is -2.35. The molecule has 2 atom stereocenters. The first-order valence-electron chi connectivity index (χ1n) is 8.95. The van der Waals surface area contributed by atoms with E-state index in [-0.39, 0.29) is 24.0 Å². The summed E-state index contributed by atoms with van der Waals surface area (Å²) in [7, 11) is 4.12. The molecule has 136 valence electrons. The van der Waals surface area contributed by atoms with Gasteiger partial charge in [0.1, 0.15) is 0 Å². The molecule has 2 fully saturated rings. The van der Waals surface area contributed by atoms with Crippen molar-refractivity contribution in [1.82, 2.24) is 20.0 Å². The van der Waals surface area contributed by atoms with Crippen molar-refractivity contribution < 1.29 is 0 Å². The second-order valence-corrected chi connectivity index (χ2v) is 7.33. The third kappa shape index (κ3) is 7.13. The molecule has 5 nitrogen and oxygen atoms in total. The molecular formula is C17H36IN5. The molecule has 0 bridgehead atoms. The van der Waals surface area contributed by atoms with E-state index in [2.05, 4.69) is 45.9 Å². The molecule has 2 unspecified atom stereocenters. The van der Waals surface area contributed by atoms with Gasteiger partial charge in [-0.2, -0.15) is 0 Å². The average molecular weight is 437 g/mol. The van der Waals surface area contributed by atoms with Crippen LogP contribution in [0.2, 0.25) is 0 Å². The van der Waals surface area contributed by atoms with Crippen molar-refractivity contribution in [2.45, 2.75) is 26.7 Å². The van der Waals surface area contributed by atoms with Crippen molar-refractivity contribution >= 4 is 29.9 Å². The van der Waals surface area contributed by atoms with Gasteiger partial charge in [0.25, 0.3) is 0 Å². The quantitative estimate of drug-likeness (QED) is 0.413. The number of guanidine groups is 1. The van der Waals surface area contributed by atoms with Crippen LogP contribution in [0.5, 0.6) is 0 Å². The minimum atomic E-state index is 0. The van der Waals surface area contributed by atoms with E-state index < -0.39 is 0 Å². The molecule has 0 aromatic carbocycles. The number of nitrogens with zero attached hydrogens (tertiary/aromatic N) is 4. The van der Waals surface area contributed by atoms with Crippen LogP contribution in [0.3, 0.4) is 0 Å². The predicted molar refractivity (Wildman–Crippen MR) is 110 cm³/mol. The van der Waals surface area contributed by atoms with Crippen LogP contribution in [-0.4, -0.2) is 87.1 Å². The van der Waals surface area contributed by atoms with Gasteiger partial charge in [-0.25, -0.2) is 0 Å². The Morgan fingerprint density at radius 2 is 1.91 bits per heavy atom. The second-order valence-electron chi connectivity index (χ2n) is 7.33. The molecule has 6 heteroatoms. The van der Waals surface area contributed by atoms with Crippen molar-refractivity contribution in [2.24, 2.45) is 16.8 Å². The molecule has 0 amide bonds. The standard InChI is InChI=1S/C17H35N5.HI/c1-15-6-5-7-22(14-15)17(18-3)19-12-16(2)13-21-10-8-20(4)9-11-21;/h15-16H,5-14H2,1-4H3,(H,18,19);1H. The maximum atomic E-state index is 4.49. The van der Waals surface area contributed by atoms with E-state index in [9.17, 15) is 0 Å². The van der Waals surface area contributed by atoms with Gasteiger partial charge in [-0.3, -0.25) is 4.99 Å². The van der Waals surface area contributed by atoms with Crippen molar-refractivity contribution in [3.63, 3.8) is 0 Å². The first kappa shape index (κ1) is 21.0. The fraction of sp³-hybridized carbons (Fsp3) is 0.941. The minimum Gasteiger partial charge on any atom is -0.356 e. The summed E-state index contributed by atoms with van der Waals surface area (Å²) < 4.78 is 0. The monoisotopic (exact) mass is 437 g/mol. The maximum absolute atomic E-state index is 4.49. The summed E-state index contributed by atoms with van der Waals surface area (Å²) in [5.74, 6) is 2.54. The Hall–Kier alpha value is -0.0800. The van der Waals surface area contributed by atoms with Crippen LogP contribution in [0, 0.1) is 11.8 Å². The summed E-state index contributed by atoms with van der Waals surface area (Å²) >= 11 is 0. The second kappa shape index (κ2) is 10.7. The highest BCUT2D eigenvalue weighted by atomic mass is 127. The molecule has 0 aromatic rings. The van der Waals surface area contributed by atoms with Crippen LogP contribution in [0.1, 0.15) is 26.7 Å². The number of piperidine rings is 1. The molecule has 0 radical (unpaired) electrons. The van der Waals surface area contributed by atoms with Crippen LogP contribution >= 0.6 is 24.0 Å². The molecule has 2 saturated heterocycles. The zero-order valence-electron chi connectivity index (χ0n) is 15.4. The van der Waals surface area contributed by atoms with E-state index in [1.165, 1.54) is 45.6 Å². The summed E-state index contributed by atoms with van der Waals surface area (Å²) in [6.45, 7) is 14.0. The van der Waals surface area contributed by atoms with E-state index in [0.29, 0.717) is 5.92 Å². The molecule has 0 spiro atoms. The van der Waals surface area contributed by atoms with Crippen molar-refractivity contribution in [3.8, 4) is 0 Å². The molecule has 0 aromatic heterocycles. The van der Waals surface area contributed by atoms with E-state index in [0.717, 1.165) is 31.5 Å². The number of hydrogen-bond acceptors (Lipinski definition) is 3. The van der Waals surface area contributed by atoms with Crippen LogP contribution in [0.15, 0.2) is 4.99 Å². The molecule has 2 aliphatic heterocycles. The number of rotatable bonds is 4. The van der Waals surface area contributed by atoms with Crippen molar-refractivity contribution in [1.29, 1.82) is 0 Å². The Morgan fingerprint density at radius 3 is 2.52 bits per heavy atom. The molecule has 2 heterocycles. The van der Waals surface area contributed by atoms with Crippen LogP contribution in [0.4, 0.5) is 0 Å². The Balaban J connectivity index is 0.00000264. The molecule has 2 aliphatic rings. The average Bonchev–Trinajstić information content (AvgIpc) is 2.50. The highest BCUT2D eigenvalue weighted by Crippen LogP contribution is 2.15. The third-order valence-corrected chi connectivity index (χ3v) is 4.94. The lowest BCUT2D eigenvalue weighted by molar-refractivity contribution is 0.139. The van der Waals surface area contributed by atoms with Gasteiger partial charge in [0.05, 0.1) is 0 Å². The van der Waals surface area contributed by atoms with Crippen molar-refractivity contribution in [2.75, 3.05) is 66.5 Å². The summed E-state index contributed by atoms with van der Waals surface area (Å²) in [6.07, 6.45) is 2.64. The van der Waals surface area contributed by atoms with Gasteiger partial charge in [0, 0.05) is 59.4 Å². The topological polar surface area (TPSA) is 34.1 Å². The smallest absolute Gasteiger partial charge is 0.193 e. The lowest BCUT2D eigenvalue weighted by Crippen LogP contribution is -2.49. The predicted octanol–water partition coefficient (Wildman–Crippen LogP) is 1.80. The number of hydrogen-bond donors (Lipinski definition) is 1. The van der Waals surface area contributed by atoms with Crippen LogP contribution < -0.4 is 5.32 Å². The zero-order valence-corrected chi connectivity index (χ0v) is 17.8. The SMILES string of the molecule is CN=C(NCC(C)CN1CCN(C)CC1)N1CCCC(C)C1.I. The van der Waals surface area contributed by atoms with Gasteiger partial charge in [-0.1, -0.05) is 13.8 Å². The number of halogens is 1. The molecular weight excluding hydrogens is 401 g/mol. The Bertz CT molecular complexity index is 355. The van der Waals surface area contributed by atoms with Gasteiger partial charge in [0.2, 0.25) is 0 Å². The fourth-order valence-corrected chi connectivity index (χ4v) is 3.52. The normalized spacial score (nSPS) is 25.8. The van der Waals surface area contributed by atoms with Gasteiger partial charge >= 0.3 is 0 Å². The highest BCUT2D eigenvalue weighted by molar-refractivity contribution is 14.0. The van der Waals surface area contributed by atoms with Crippen LogP contribution in [-0.2, 0) is 0 Å². The molecule has 2 rings (SSSR count). The first-order chi connectivity index (χ1) is 10.6. The van der Waals surface area contributed by atoms with E-state index in [4.69, 9.17) is 0 Å². The zero-order chi connectivity index (χ0) is 15.9. The Morgan fingerprint density at radius 1 is 1.22 bits per heavy atom. The summed E-state index contributed by atoms with van der Waals surface area (Å²) in [5, 5.41) is 3.60. The van der Waals surface area contributed by atoms with Crippen molar-refractivity contribution in [3.05, 3.63) is 0 Å². The van der Waals surface area contributed by atoms with E-state index >= 15 is 0 Å². The van der Waals surface area contributed by atoms with Crippen LogP contribution in [0.25, 0.3) is 0 Å². The number of likely N-dealkylation sites (N-methyl/N-ethyl adjacent to an activating group) is 1. The van der Waals surface area contributed by atoms with E-state index in [1.807, 2.05) is 7.05 Å². The largest absolute Gasteiger partial charge is 0.356 e. The Labute approximate surface area is 159 Å². The molecule has 0 aliphatic carbocycles. The fourth-order valence-electron chi connectivity index (χ4n) is 3.52. The molecule has 1 N–H and O–H groups in total. The van der Waals surface area contributed by atoms with Gasteiger partial charge in [-0.05, 0) is 31.7 Å². The first-order valence-corrected chi connectivity index (χ1v) is 8.95. The lowest BCUT2D eigenvalue weighted by atomic mass is 10.0. The Kier molecular flexibility index (Phi) is 9.77. The number of aliphatic imine (C=N–C) groups is 1. The van der Waals surface area contributed by atoms with Gasteiger partial charge < -0.3 is 20.0 Å². The van der Waals surface area contributed by atoms with E-state index in [1.54, 1.807) is 0 Å². The highest BCUT2D eigenvalue weighted by Gasteiger charge is 2.20. The minimum absolute atomic E-state index is 0. The van der Waals surface area contributed by atoms with Gasteiger partial charge in [0.15, 0.2) is 5.96 Å². The summed E-state index contributed by atoms with van der Waals surface area (Å²) in [6, 6.07) is 0. The number of piperazine rings is 1. The van der Waals surface area contributed by atoms with Gasteiger partial charge in [-0.15, -0.1) is 24.0 Å². The third-order valence-electron chi connectivity index (χ3n) is 4.94.